The van der Waals surface area contributed by atoms with E-state index in [2.05, 4.69) is 72.8 Å². The van der Waals surface area contributed by atoms with E-state index in [1.807, 2.05) is 24.3 Å². The van der Waals surface area contributed by atoms with Gasteiger partial charge in [-0.25, -0.2) is 0 Å². The molecule has 6 heteroatoms. The van der Waals surface area contributed by atoms with E-state index in [1.165, 1.54) is 34.4 Å². The fourth-order valence-corrected chi connectivity index (χ4v) is 6.02. The molecule has 0 saturated carbocycles. The number of phenolic OH excluding ortho intramolecular Hbond substituents is 2. The normalized spacial score (nSPS) is 12.7. The number of phenols is 2. The van der Waals surface area contributed by atoms with Crippen LogP contribution in [-0.4, -0.2) is 10.2 Å². The molecule has 6 nitrogen and oxygen atoms in total. The summed E-state index contributed by atoms with van der Waals surface area (Å²) < 4.78 is 12.1. The Balaban J connectivity index is 1.33. The third-order valence-electron chi connectivity index (χ3n) is 8.00. The average molecular weight is 565 g/mol. The zero-order chi connectivity index (χ0) is 29.6. The van der Waals surface area contributed by atoms with Gasteiger partial charge < -0.3 is 31.2 Å². The SMILES string of the molecule is Nc1ccc(Oc2ccc(C3(c4ccc(Oc5ccc(N)c(O)c5)cc4)c4ccccc4-c4ccccc43)cc2)cc1O. The predicted molar refractivity (Wildman–Crippen MR) is 169 cm³/mol. The first-order valence-corrected chi connectivity index (χ1v) is 13.9. The van der Waals surface area contributed by atoms with Crippen LogP contribution in [0.5, 0.6) is 34.5 Å². The van der Waals surface area contributed by atoms with Gasteiger partial charge in [0.25, 0.3) is 0 Å². The van der Waals surface area contributed by atoms with Crippen molar-refractivity contribution in [2.45, 2.75) is 5.41 Å². The highest BCUT2D eigenvalue weighted by molar-refractivity contribution is 5.86. The molecule has 0 unspecified atom stereocenters. The molecule has 6 aromatic rings. The summed E-state index contributed by atoms with van der Waals surface area (Å²) in [5.74, 6) is 2.23. The van der Waals surface area contributed by atoms with Crippen molar-refractivity contribution in [3.63, 3.8) is 0 Å². The van der Waals surface area contributed by atoms with Gasteiger partial charge in [-0.3, -0.25) is 0 Å². The molecule has 1 aliphatic rings. The first-order valence-electron chi connectivity index (χ1n) is 13.9. The van der Waals surface area contributed by atoms with Gasteiger partial charge in [0.2, 0.25) is 0 Å². The van der Waals surface area contributed by atoms with Crippen molar-refractivity contribution < 1.29 is 19.7 Å². The van der Waals surface area contributed by atoms with E-state index in [9.17, 15) is 10.2 Å². The molecule has 0 fully saturated rings. The lowest BCUT2D eigenvalue weighted by Gasteiger charge is -2.34. The number of nitrogen functional groups attached to an aromatic ring is 2. The number of rotatable bonds is 6. The van der Waals surface area contributed by atoms with E-state index in [4.69, 9.17) is 20.9 Å². The van der Waals surface area contributed by atoms with Crippen LogP contribution in [0.15, 0.2) is 133 Å². The number of benzene rings is 6. The Bertz CT molecular complexity index is 1820. The summed E-state index contributed by atoms with van der Waals surface area (Å²) in [4.78, 5) is 0. The molecule has 0 radical (unpaired) electrons. The molecule has 0 spiro atoms. The molecule has 210 valence electrons. The average Bonchev–Trinajstić information content (AvgIpc) is 3.33. The lowest BCUT2D eigenvalue weighted by molar-refractivity contribution is 0.456. The van der Waals surface area contributed by atoms with Crippen LogP contribution >= 0.6 is 0 Å². The Hall–Kier alpha value is -5.88. The van der Waals surface area contributed by atoms with Crippen molar-refractivity contribution in [1.82, 2.24) is 0 Å². The van der Waals surface area contributed by atoms with Gasteiger partial charge in [0, 0.05) is 12.1 Å². The maximum absolute atomic E-state index is 10.0. The zero-order valence-electron chi connectivity index (χ0n) is 23.1. The van der Waals surface area contributed by atoms with Crippen LogP contribution in [-0.2, 0) is 5.41 Å². The van der Waals surface area contributed by atoms with E-state index in [0.29, 0.717) is 34.4 Å². The third kappa shape index (κ3) is 4.37. The van der Waals surface area contributed by atoms with Crippen molar-refractivity contribution in [3.05, 3.63) is 156 Å². The van der Waals surface area contributed by atoms with Crippen LogP contribution < -0.4 is 20.9 Å². The zero-order valence-corrected chi connectivity index (χ0v) is 23.1. The van der Waals surface area contributed by atoms with Gasteiger partial charge in [0.15, 0.2) is 0 Å². The number of hydrogen-bond donors (Lipinski definition) is 4. The molecule has 0 atom stereocenters. The van der Waals surface area contributed by atoms with Crippen LogP contribution in [0.25, 0.3) is 11.1 Å². The summed E-state index contributed by atoms with van der Waals surface area (Å²) in [6.07, 6.45) is 0. The van der Waals surface area contributed by atoms with Crippen molar-refractivity contribution in [1.29, 1.82) is 0 Å². The standard InChI is InChI=1S/C37H28N2O4/c38-33-19-17-27(21-35(33)40)42-25-13-9-23(10-14-25)37(31-7-3-1-5-29(31)30-6-2-4-8-32(30)37)24-11-15-26(16-12-24)43-28-18-20-34(39)36(41)22-28/h1-22,40-41H,38-39H2. The molecule has 6 N–H and O–H groups in total. The highest BCUT2D eigenvalue weighted by atomic mass is 16.5. The second kappa shape index (κ2) is 10.2. The van der Waals surface area contributed by atoms with E-state index >= 15 is 0 Å². The summed E-state index contributed by atoms with van der Waals surface area (Å²) in [5.41, 5.74) is 18.4. The second-order valence-corrected chi connectivity index (χ2v) is 10.5. The Morgan fingerprint density at radius 1 is 0.442 bits per heavy atom. The minimum Gasteiger partial charge on any atom is -0.506 e. The minimum absolute atomic E-state index is 0.0205. The fourth-order valence-electron chi connectivity index (χ4n) is 6.02. The molecular formula is C37H28N2O4. The largest absolute Gasteiger partial charge is 0.506 e. The molecule has 0 aromatic heterocycles. The first kappa shape index (κ1) is 26.0. The van der Waals surface area contributed by atoms with Crippen molar-refractivity contribution in [2.24, 2.45) is 0 Å². The van der Waals surface area contributed by atoms with E-state index in [-0.39, 0.29) is 11.5 Å². The number of anilines is 2. The van der Waals surface area contributed by atoms with Crippen LogP contribution in [0.4, 0.5) is 11.4 Å². The highest BCUT2D eigenvalue weighted by Crippen LogP contribution is 2.56. The van der Waals surface area contributed by atoms with Gasteiger partial charge in [-0.1, -0.05) is 72.8 Å². The maximum Gasteiger partial charge on any atom is 0.142 e. The van der Waals surface area contributed by atoms with Crippen LogP contribution in [0, 0.1) is 0 Å². The molecular weight excluding hydrogens is 536 g/mol. The molecule has 0 aliphatic heterocycles. The van der Waals surface area contributed by atoms with Gasteiger partial charge in [0.05, 0.1) is 16.8 Å². The van der Waals surface area contributed by atoms with Crippen molar-refractivity contribution in [3.8, 4) is 45.6 Å². The lowest BCUT2D eigenvalue weighted by atomic mass is 9.68. The minimum atomic E-state index is -0.594. The maximum atomic E-state index is 10.0. The van der Waals surface area contributed by atoms with Crippen LogP contribution in [0.1, 0.15) is 22.3 Å². The number of hydrogen-bond acceptors (Lipinski definition) is 6. The van der Waals surface area contributed by atoms with Gasteiger partial charge in [0.1, 0.15) is 34.5 Å². The van der Waals surface area contributed by atoms with E-state index in [1.54, 1.807) is 24.3 Å². The van der Waals surface area contributed by atoms with Gasteiger partial charge >= 0.3 is 0 Å². The Morgan fingerprint density at radius 2 is 0.814 bits per heavy atom. The van der Waals surface area contributed by atoms with E-state index < -0.39 is 5.41 Å². The van der Waals surface area contributed by atoms with Crippen LogP contribution in [0.2, 0.25) is 0 Å². The number of ether oxygens (including phenoxy) is 2. The highest BCUT2D eigenvalue weighted by Gasteiger charge is 2.45. The summed E-state index contributed by atoms with van der Waals surface area (Å²) in [5, 5.41) is 20.0. The molecule has 1 aliphatic carbocycles. The molecule has 43 heavy (non-hydrogen) atoms. The monoisotopic (exact) mass is 564 g/mol. The lowest BCUT2D eigenvalue weighted by Crippen LogP contribution is -2.28. The van der Waals surface area contributed by atoms with Crippen molar-refractivity contribution in [2.75, 3.05) is 11.5 Å². The number of aromatic hydroxyl groups is 2. The fraction of sp³-hybridized carbons (Fsp3) is 0.0270. The smallest absolute Gasteiger partial charge is 0.142 e. The van der Waals surface area contributed by atoms with Gasteiger partial charge in [-0.15, -0.1) is 0 Å². The molecule has 0 bridgehead atoms. The quantitative estimate of drug-likeness (QED) is 0.120. The molecule has 0 amide bonds. The second-order valence-electron chi connectivity index (χ2n) is 10.5. The van der Waals surface area contributed by atoms with E-state index in [0.717, 1.165) is 11.1 Å². The number of fused-ring (bicyclic) bond motifs is 3. The topological polar surface area (TPSA) is 111 Å². The number of nitrogens with two attached hydrogens (primary N) is 2. The molecule has 0 heterocycles. The summed E-state index contributed by atoms with van der Waals surface area (Å²) in [6.45, 7) is 0. The molecule has 6 aromatic carbocycles. The van der Waals surface area contributed by atoms with Gasteiger partial charge in [-0.2, -0.15) is 0 Å². The Kier molecular flexibility index (Phi) is 6.17. The Morgan fingerprint density at radius 3 is 1.21 bits per heavy atom. The molecule has 7 rings (SSSR count). The summed E-state index contributed by atoms with van der Waals surface area (Å²) in [7, 11) is 0. The third-order valence-corrected chi connectivity index (χ3v) is 8.00. The molecule has 0 saturated heterocycles. The van der Waals surface area contributed by atoms with Gasteiger partial charge in [-0.05, 0) is 81.9 Å². The summed E-state index contributed by atoms with van der Waals surface area (Å²) >= 11 is 0. The predicted octanol–water partition coefficient (Wildman–Crippen LogP) is 8.21. The van der Waals surface area contributed by atoms with Crippen LogP contribution in [0.3, 0.4) is 0 Å². The summed E-state index contributed by atoms with van der Waals surface area (Å²) in [6, 6.07) is 42.9. The Labute approximate surface area is 249 Å². The first-order chi connectivity index (χ1) is 20.9. The van der Waals surface area contributed by atoms with Crippen molar-refractivity contribution >= 4 is 11.4 Å².